The Hall–Kier alpha value is -0.780. The van der Waals surface area contributed by atoms with Gasteiger partial charge in [-0.05, 0) is 32.1 Å². The van der Waals surface area contributed by atoms with E-state index in [0.717, 1.165) is 32.1 Å². The van der Waals surface area contributed by atoms with E-state index in [2.05, 4.69) is 10.6 Å². The van der Waals surface area contributed by atoms with Crippen LogP contribution in [0, 0.1) is 5.92 Å². The maximum atomic E-state index is 12.7. The molecular formula is C12H19F3N2O. The minimum absolute atomic E-state index is 0.0129. The lowest BCUT2D eigenvalue weighted by Crippen LogP contribution is -2.46. The summed E-state index contributed by atoms with van der Waals surface area (Å²) in [5.41, 5.74) is 0. The van der Waals surface area contributed by atoms with Gasteiger partial charge >= 0.3 is 6.18 Å². The molecule has 2 saturated carbocycles. The molecule has 2 fully saturated rings. The number of hydrogen-bond acceptors (Lipinski definition) is 2. The van der Waals surface area contributed by atoms with Gasteiger partial charge in [-0.1, -0.05) is 6.42 Å². The van der Waals surface area contributed by atoms with Crippen molar-refractivity contribution in [3.05, 3.63) is 0 Å². The summed E-state index contributed by atoms with van der Waals surface area (Å²) in [6, 6.07) is -1.48. The minimum atomic E-state index is -4.23. The molecule has 1 amide bonds. The fourth-order valence-electron chi connectivity index (χ4n) is 2.03. The number of rotatable bonds is 6. The van der Waals surface area contributed by atoms with Gasteiger partial charge in [0.2, 0.25) is 5.91 Å². The molecule has 0 radical (unpaired) electrons. The lowest BCUT2D eigenvalue weighted by Gasteiger charge is -2.25. The van der Waals surface area contributed by atoms with Gasteiger partial charge in [0.25, 0.3) is 0 Å². The third-order valence-electron chi connectivity index (χ3n) is 3.62. The molecule has 0 aromatic rings. The van der Waals surface area contributed by atoms with Crippen LogP contribution in [0.15, 0.2) is 0 Å². The van der Waals surface area contributed by atoms with E-state index in [1.54, 1.807) is 0 Å². The lowest BCUT2D eigenvalue weighted by atomic mass is 9.85. The summed E-state index contributed by atoms with van der Waals surface area (Å²) in [6.45, 7) is 0.0965. The van der Waals surface area contributed by atoms with Gasteiger partial charge in [0.15, 0.2) is 0 Å². The quantitative estimate of drug-likeness (QED) is 0.770. The van der Waals surface area contributed by atoms with E-state index >= 15 is 0 Å². The Bertz CT molecular complexity index is 298. The summed E-state index contributed by atoms with van der Waals surface area (Å²) < 4.78 is 38.1. The average Bonchev–Trinajstić information content (AvgIpc) is 2.95. The smallest absolute Gasteiger partial charge is 0.356 e. The Morgan fingerprint density at radius 2 is 1.89 bits per heavy atom. The Labute approximate surface area is 104 Å². The normalized spacial score (nSPS) is 22.4. The van der Waals surface area contributed by atoms with Gasteiger partial charge < -0.3 is 10.6 Å². The first kappa shape index (κ1) is 13.6. The number of amides is 1. The lowest BCUT2D eigenvalue weighted by molar-refractivity contribution is -0.158. The van der Waals surface area contributed by atoms with E-state index in [4.69, 9.17) is 0 Å². The second kappa shape index (κ2) is 5.47. The van der Waals surface area contributed by atoms with Gasteiger partial charge in [0, 0.05) is 18.5 Å². The molecule has 18 heavy (non-hydrogen) atoms. The molecule has 1 atom stereocenters. The molecule has 0 aliphatic heterocycles. The van der Waals surface area contributed by atoms with Crippen molar-refractivity contribution in [1.82, 2.24) is 10.6 Å². The highest BCUT2D eigenvalue weighted by Gasteiger charge is 2.42. The zero-order valence-corrected chi connectivity index (χ0v) is 10.2. The van der Waals surface area contributed by atoms with Gasteiger partial charge in [-0.15, -0.1) is 0 Å². The highest BCUT2D eigenvalue weighted by atomic mass is 19.4. The summed E-state index contributed by atoms with van der Waals surface area (Å²) in [6.07, 6.45) is 0.112. The van der Waals surface area contributed by atoms with Crippen LogP contribution in [0.2, 0.25) is 0 Å². The molecule has 0 spiro atoms. The summed E-state index contributed by atoms with van der Waals surface area (Å²) >= 11 is 0. The molecule has 2 aliphatic rings. The number of hydrogen-bond donors (Lipinski definition) is 2. The predicted octanol–water partition coefficient (Wildman–Crippen LogP) is 1.98. The fraction of sp³-hybridized carbons (Fsp3) is 0.917. The van der Waals surface area contributed by atoms with E-state index in [-0.39, 0.29) is 30.8 Å². The van der Waals surface area contributed by atoms with E-state index in [9.17, 15) is 18.0 Å². The number of halogens is 3. The van der Waals surface area contributed by atoms with Crippen molar-refractivity contribution >= 4 is 5.91 Å². The molecular weight excluding hydrogens is 245 g/mol. The first-order chi connectivity index (χ1) is 8.47. The summed E-state index contributed by atoms with van der Waals surface area (Å²) in [5.74, 6) is -0.0562. The van der Waals surface area contributed by atoms with E-state index in [0.29, 0.717) is 0 Å². The van der Waals surface area contributed by atoms with Gasteiger partial charge in [-0.25, -0.2) is 0 Å². The van der Waals surface area contributed by atoms with Crippen LogP contribution in [0.1, 0.15) is 38.5 Å². The van der Waals surface area contributed by atoms with Crippen LogP contribution in [-0.4, -0.2) is 30.7 Å². The third-order valence-corrected chi connectivity index (χ3v) is 3.62. The molecule has 2 rings (SSSR count). The number of nitrogens with one attached hydrogen (secondary N) is 2. The van der Waals surface area contributed by atoms with Crippen LogP contribution >= 0.6 is 0 Å². The average molecular weight is 264 g/mol. The monoisotopic (exact) mass is 264 g/mol. The Morgan fingerprint density at radius 1 is 1.22 bits per heavy atom. The van der Waals surface area contributed by atoms with Crippen molar-refractivity contribution in [3.8, 4) is 0 Å². The topological polar surface area (TPSA) is 41.1 Å². The van der Waals surface area contributed by atoms with Crippen molar-refractivity contribution in [3.63, 3.8) is 0 Å². The standard InChI is InChI=1S/C12H19F3N2O/c13-12(14,15)10(17-9-4-5-9)6-7-16-11(18)8-2-1-3-8/h8-10,17H,1-7H2,(H,16,18). The van der Waals surface area contributed by atoms with Crippen molar-refractivity contribution in [2.75, 3.05) is 6.54 Å². The van der Waals surface area contributed by atoms with Crippen molar-refractivity contribution in [2.24, 2.45) is 5.92 Å². The van der Waals surface area contributed by atoms with Crippen LogP contribution in [-0.2, 0) is 4.79 Å². The van der Waals surface area contributed by atoms with Crippen molar-refractivity contribution in [1.29, 1.82) is 0 Å². The van der Waals surface area contributed by atoms with Crippen LogP contribution in [0.4, 0.5) is 13.2 Å². The molecule has 104 valence electrons. The summed E-state index contributed by atoms with van der Waals surface area (Å²) in [7, 11) is 0. The molecule has 0 saturated heterocycles. The highest BCUT2D eigenvalue weighted by Crippen LogP contribution is 2.28. The molecule has 0 heterocycles. The SMILES string of the molecule is O=C(NCCC(NC1CC1)C(F)(F)F)C1CCC1. The van der Waals surface area contributed by atoms with Crippen LogP contribution < -0.4 is 10.6 Å². The molecule has 2 N–H and O–H groups in total. The maximum absolute atomic E-state index is 12.7. The largest absolute Gasteiger partial charge is 0.403 e. The third kappa shape index (κ3) is 3.86. The zero-order valence-electron chi connectivity index (χ0n) is 10.2. The first-order valence-corrected chi connectivity index (χ1v) is 6.57. The number of alkyl halides is 3. The van der Waals surface area contributed by atoms with E-state index in [1.165, 1.54) is 0 Å². The molecule has 1 unspecified atom stereocenters. The van der Waals surface area contributed by atoms with Crippen molar-refractivity contribution < 1.29 is 18.0 Å². The van der Waals surface area contributed by atoms with Crippen LogP contribution in [0.3, 0.4) is 0 Å². The second-order valence-electron chi connectivity index (χ2n) is 5.24. The predicted molar refractivity (Wildman–Crippen MR) is 61.0 cm³/mol. The number of carbonyl (C=O) groups excluding carboxylic acids is 1. The van der Waals surface area contributed by atoms with Gasteiger partial charge in [-0.2, -0.15) is 13.2 Å². The van der Waals surface area contributed by atoms with Crippen LogP contribution in [0.25, 0.3) is 0 Å². The van der Waals surface area contributed by atoms with Gasteiger partial charge in [-0.3, -0.25) is 4.79 Å². The molecule has 6 heteroatoms. The van der Waals surface area contributed by atoms with Crippen LogP contribution in [0.5, 0.6) is 0 Å². The van der Waals surface area contributed by atoms with E-state index in [1.807, 2.05) is 0 Å². The van der Waals surface area contributed by atoms with E-state index < -0.39 is 12.2 Å². The molecule has 0 bridgehead atoms. The second-order valence-corrected chi connectivity index (χ2v) is 5.24. The summed E-state index contributed by atoms with van der Waals surface area (Å²) in [4.78, 5) is 11.5. The fourth-order valence-corrected chi connectivity index (χ4v) is 2.03. The minimum Gasteiger partial charge on any atom is -0.356 e. The molecule has 2 aliphatic carbocycles. The van der Waals surface area contributed by atoms with Crippen molar-refractivity contribution in [2.45, 2.75) is 56.8 Å². The molecule has 0 aromatic heterocycles. The Kier molecular flexibility index (Phi) is 4.14. The zero-order chi connectivity index (χ0) is 13.2. The van der Waals surface area contributed by atoms with Gasteiger partial charge in [0.1, 0.15) is 6.04 Å². The molecule has 3 nitrogen and oxygen atoms in total. The molecule has 0 aromatic carbocycles. The maximum Gasteiger partial charge on any atom is 0.403 e. The first-order valence-electron chi connectivity index (χ1n) is 6.57. The highest BCUT2D eigenvalue weighted by molar-refractivity contribution is 5.79. The van der Waals surface area contributed by atoms with Gasteiger partial charge in [0.05, 0.1) is 0 Å². The Balaban J connectivity index is 1.69. The summed E-state index contributed by atoms with van der Waals surface area (Å²) in [5, 5.41) is 5.19. The Morgan fingerprint density at radius 3 is 2.33 bits per heavy atom. The number of carbonyl (C=O) groups is 1.